The SMILES string of the molecule is COCC(NC1CCN(c2ccc3c(c2)OCO3)CC1)c1ccccn1. The Balaban J connectivity index is 1.35. The molecule has 0 radical (unpaired) electrons. The molecule has 0 saturated carbocycles. The van der Waals surface area contributed by atoms with E-state index in [1.807, 2.05) is 24.4 Å². The van der Waals surface area contributed by atoms with E-state index < -0.39 is 0 Å². The number of fused-ring (bicyclic) bond motifs is 1. The average molecular weight is 355 g/mol. The number of ether oxygens (including phenoxy) is 3. The Bertz CT molecular complexity index is 717. The number of methoxy groups -OCH3 is 1. The van der Waals surface area contributed by atoms with Gasteiger partial charge in [0.15, 0.2) is 11.5 Å². The summed E-state index contributed by atoms with van der Waals surface area (Å²) < 4.78 is 16.3. The van der Waals surface area contributed by atoms with Crippen molar-refractivity contribution < 1.29 is 14.2 Å². The number of anilines is 1. The Morgan fingerprint density at radius 3 is 2.81 bits per heavy atom. The van der Waals surface area contributed by atoms with Crippen molar-refractivity contribution in [3.63, 3.8) is 0 Å². The Labute approximate surface area is 154 Å². The molecule has 1 aromatic heterocycles. The standard InChI is InChI=1S/C20H25N3O3/c1-24-13-18(17-4-2-3-9-21-17)22-15-7-10-23(11-8-15)16-5-6-19-20(12-16)26-14-25-19/h2-6,9,12,15,18,22H,7-8,10-11,13-14H2,1H3. The second-order valence-electron chi connectivity index (χ2n) is 6.73. The van der Waals surface area contributed by atoms with Gasteiger partial charge in [0.05, 0.1) is 18.3 Å². The van der Waals surface area contributed by atoms with Gasteiger partial charge >= 0.3 is 0 Å². The molecule has 138 valence electrons. The Kier molecular flexibility index (Phi) is 5.22. The summed E-state index contributed by atoms with van der Waals surface area (Å²) >= 11 is 0. The van der Waals surface area contributed by atoms with E-state index in [-0.39, 0.29) is 6.04 Å². The van der Waals surface area contributed by atoms with Crippen LogP contribution in [-0.2, 0) is 4.74 Å². The number of piperidine rings is 1. The molecule has 26 heavy (non-hydrogen) atoms. The van der Waals surface area contributed by atoms with Gasteiger partial charge in [-0.15, -0.1) is 0 Å². The lowest BCUT2D eigenvalue weighted by Crippen LogP contribution is -2.44. The van der Waals surface area contributed by atoms with Gasteiger partial charge in [-0.25, -0.2) is 0 Å². The highest BCUT2D eigenvalue weighted by Crippen LogP contribution is 2.36. The maximum atomic E-state index is 5.50. The van der Waals surface area contributed by atoms with Crippen molar-refractivity contribution in [2.75, 3.05) is 38.5 Å². The lowest BCUT2D eigenvalue weighted by Gasteiger charge is -2.35. The van der Waals surface area contributed by atoms with Gasteiger partial charge < -0.3 is 24.4 Å². The summed E-state index contributed by atoms with van der Waals surface area (Å²) in [7, 11) is 1.74. The molecule has 1 saturated heterocycles. The van der Waals surface area contributed by atoms with E-state index in [1.54, 1.807) is 7.11 Å². The smallest absolute Gasteiger partial charge is 0.231 e. The molecule has 1 N–H and O–H groups in total. The van der Waals surface area contributed by atoms with Crippen LogP contribution in [0.15, 0.2) is 42.6 Å². The van der Waals surface area contributed by atoms with Crippen molar-refractivity contribution >= 4 is 5.69 Å². The van der Waals surface area contributed by atoms with Gasteiger partial charge in [0, 0.05) is 44.2 Å². The lowest BCUT2D eigenvalue weighted by molar-refractivity contribution is 0.156. The molecule has 0 aliphatic carbocycles. The van der Waals surface area contributed by atoms with Crippen molar-refractivity contribution in [1.29, 1.82) is 0 Å². The largest absolute Gasteiger partial charge is 0.454 e. The average Bonchev–Trinajstić information content (AvgIpc) is 3.17. The number of hydrogen-bond donors (Lipinski definition) is 1. The topological polar surface area (TPSA) is 55.9 Å². The minimum atomic E-state index is 0.128. The number of pyridine rings is 1. The first-order valence-corrected chi connectivity index (χ1v) is 9.14. The van der Waals surface area contributed by atoms with E-state index in [4.69, 9.17) is 14.2 Å². The second-order valence-corrected chi connectivity index (χ2v) is 6.73. The molecule has 0 spiro atoms. The third-order valence-electron chi connectivity index (χ3n) is 5.03. The number of aromatic nitrogens is 1. The first-order chi connectivity index (χ1) is 12.8. The molecule has 4 rings (SSSR count). The third kappa shape index (κ3) is 3.76. The normalized spacial score (nSPS) is 18.1. The first kappa shape index (κ1) is 17.1. The maximum Gasteiger partial charge on any atom is 0.231 e. The zero-order chi connectivity index (χ0) is 17.8. The van der Waals surface area contributed by atoms with E-state index in [0.29, 0.717) is 19.4 Å². The van der Waals surface area contributed by atoms with E-state index in [9.17, 15) is 0 Å². The summed E-state index contributed by atoms with van der Waals surface area (Å²) in [5, 5.41) is 3.73. The summed E-state index contributed by atoms with van der Waals surface area (Å²) in [5.41, 5.74) is 2.23. The van der Waals surface area contributed by atoms with Gasteiger partial charge in [-0.1, -0.05) is 6.07 Å². The van der Waals surface area contributed by atoms with Crippen LogP contribution < -0.4 is 19.7 Å². The summed E-state index contributed by atoms with van der Waals surface area (Å²) in [4.78, 5) is 6.89. The van der Waals surface area contributed by atoms with Gasteiger partial charge in [-0.2, -0.15) is 0 Å². The number of nitrogens with zero attached hydrogens (tertiary/aromatic N) is 2. The molecule has 0 bridgehead atoms. The second kappa shape index (κ2) is 7.93. The molecular weight excluding hydrogens is 330 g/mol. The van der Waals surface area contributed by atoms with Gasteiger partial charge in [-0.05, 0) is 37.1 Å². The van der Waals surface area contributed by atoms with Crippen molar-refractivity contribution in [2.45, 2.75) is 24.9 Å². The first-order valence-electron chi connectivity index (χ1n) is 9.14. The molecule has 1 unspecified atom stereocenters. The molecular formula is C20H25N3O3. The quantitative estimate of drug-likeness (QED) is 0.860. The van der Waals surface area contributed by atoms with Gasteiger partial charge in [0.25, 0.3) is 0 Å². The van der Waals surface area contributed by atoms with Crippen molar-refractivity contribution in [2.24, 2.45) is 0 Å². The summed E-state index contributed by atoms with van der Waals surface area (Å²) in [6, 6.07) is 12.8. The van der Waals surface area contributed by atoms with E-state index >= 15 is 0 Å². The number of hydrogen-bond acceptors (Lipinski definition) is 6. The van der Waals surface area contributed by atoms with Gasteiger partial charge in [0.1, 0.15) is 0 Å². The zero-order valence-corrected chi connectivity index (χ0v) is 15.1. The lowest BCUT2D eigenvalue weighted by atomic mass is 10.0. The summed E-state index contributed by atoms with van der Waals surface area (Å²) in [6.07, 6.45) is 4.00. The predicted molar refractivity (Wildman–Crippen MR) is 99.8 cm³/mol. The fourth-order valence-corrected chi connectivity index (χ4v) is 3.64. The molecule has 2 aliphatic heterocycles. The molecule has 1 atom stereocenters. The number of rotatable bonds is 6. The number of benzene rings is 1. The number of nitrogens with one attached hydrogen (secondary N) is 1. The molecule has 0 amide bonds. The third-order valence-corrected chi connectivity index (χ3v) is 5.03. The van der Waals surface area contributed by atoms with Crippen molar-refractivity contribution in [3.8, 4) is 11.5 Å². The Morgan fingerprint density at radius 1 is 1.19 bits per heavy atom. The fourth-order valence-electron chi connectivity index (χ4n) is 3.64. The molecule has 2 aliphatic rings. The van der Waals surface area contributed by atoms with Gasteiger partial charge in [0.2, 0.25) is 6.79 Å². The molecule has 1 fully saturated rings. The minimum absolute atomic E-state index is 0.128. The summed E-state index contributed by atoms with van der Waals surface area (Å²) in [5.74, 6) is 1.68. The van der Waals surface area contributed by atoms with Gasteiger partial charge in [-0.3, -0.25) is 4.98 Å². The van der Waals surface area contributed by atoms with Crippen LogP contribution in [0, 0.1) is 0 Å². The molecule has 1 aromatic carbocycles. The van der Waals surface area contributed by atoms with E-state index in [1.165, 1.54) is 5.69 Å². The fraction of sp³-hybridized carbons (Fsp3) is 0.450. The molecule has 6 heteroatoms. The van der Waals surface area contributed by atoms with E-state index in [0.717, 1.165) is 43.1 Å². The molecule has 3 heterocycles. The van der Waals surface area contributed by atoms with Crippen molar-refractivity contribution in [1.82, 2.24) is 10.3 Å². The van der Waals surface area contributed by atoms with Crippen LogP contribution in [0.2, 0.25) is 0 Å². The Morgan fingerprint density at radius 2 is 2.04 bits per heavy atom. The maximum absolute atomic E-state index is 5.50. The monoisotopic (exact) mass is 355 g/mol. The highest BCUT2D eigenvalue weighted by Gasteiger charge is 2.24. The van der Waals surface area contributed by atoms with Crippen LogP contribution >= 0.6 is 0 Å². The van der Waals surface area contributed by atoms with Crippen LogP contribution in [0.25, 0.3) is 0 Å². The highest BCUT2D eigenvalue weighted by atomic mass is 16.7. The van der Waals surface area contributed by atoms with Crippen molar-refractivity contribution in [3.05, 3.63) is 48.3 Å². The van der Waals surface area contributed by atoms with Crippen LogP contribution in [0.5, 0.6) is 11.5 Å². The molecule has 6 nitrogen and oxygen atoms in total. The Hall–Kier alpha value is -2.31. The zero-order valence-electron chi connectivity index (χ0n) is 15.1. The minimum Gasteiger partial charge on any atom is -0.454 e. The summed E-state index contributed by atoms with van der Waals surface area (Å²) in [6.45, 7) is 2.97. The molecule has 2 aromatic rings. The van der Waals surface area contributed by atoms with Crippen LogP contribution in [-0.4, -0.2) is 44.6 Å². The van der Waals surface area contributed by atoms with E-state index in [2.05, 4.69) is 33.4 Å². The van der Waals surface area contributed by atoms with Crippen LogP contribution in [0.4, 0.5) is 5.69 Å². The predicted octanol–water partition coefficient (Wildman–Crippen LogP) is 2.76. The van der Waals surface area contributed by atoms with Crippen LogP contribution in [0.1, 0.15) is 24.6 Å². The van der Waals surface area contributed by atoms with Crippen LogP contribution in [0.3, 0.4) is 0 Å². The highest BCUT2D eigenvalue weighted by molar-refractivity contribution is 5.57.